The Balaban J connectivity index is 1.33. The zero-order chi connectivity index (χ0) is 24.3. The Labute approximate surface area is 196 Å². The number of halogens is 3. The fraction of sp³-hybridized carbons (Fsp3) is 0.524. The molecule has 2 aromatic rings. The number of hydrogen-bond acceptors (Lipinski definition) is 8. The number of alkyl halides is 3. The lowest BCUT2D eigenvalue weighted by atomic mass is 10.2. The highest BCUT2D eigenvalue weighted by molar-refractivity contribution is 7.89. The van der Waals surface area contributed by atoms with E-state index in [9.17, 15) is 21.6 Å². The number of aliphatic hydroxyl groups excluding tert-OH is 1. The molecule has 186 valence electrons. The van der Waals surface area contributed by atoms with Crippen LogP contribution in [-0.2, 0) is 16.2 Å². The van der Waals surface area contributed by atoms with Crippen molar-refractivity contribution in [3.8, 4) is 0 Å². The maximum Gasteiger partial charge on any atom is 0.416 e. The fourth-order valence-electron chi connectivity index (χ4n) is 4.12. The number of hydrogen-bond donors (Lipinski definition) is 1. The quantitative estimate of drug-likeness (QED) is 0.631. The summed E-state index contributed by atoms with van der Waals surface area (Å²) in [5.41, 5.74) is -0.884. The molecule has 1 aromatic heterocycles. The maximum atomic E-state index is 12.9. The highest BCUT2D eigenvalue weighted by atomic mass is 32.2. The first-order valence-electron chi connectivity index (χ1n) is 11.0. The van der Waals surface area contributed by atoms with Gasteiger partial charge in [0.25, 0.3) is 0 Å². The summed E-state index contributed by atoms with van der Waals surface area (Å²) in [5, 5.41) is 17.7. The average Bonchev–Trinajstić information content (AvgIpc) is 2.84. The Morgan fingerprint density at radius 1 is 0.794 bits per heavy atom. The van der Waals surface area contributed by atoms with Crippen molar-refractivity contribution < 1.29 is 26.7 Å². The summed E-state index contributed by atoms with van der Waals surface area (Å²) in [7, 11) is -3.88. The molecule has 0 spiro atoms. The zero-order valence-electron chi connectivity index (χ0n) is 18.5. The summed E-state index contributed by atoms with van der Waals surface area (Å²) in [6.07, 6.45) is -4.52. The molecule has 0 radical (unpaired) electrons. The van der Waals surface area contributed by atoms with E-state index in [1.54, 1.807) is 0 Å². The van der Waals surface area contributed by atoms with E-state index in [0.717, 1.165) is 56.3 Å². The predicted molar refractivity (Wildman–Crippen MR) is 120 cm³/mol. The Morgan fingerprint density at radius 3 is 1.74 bits per heavy atom. The van der Waals surface area contributed by atoms with Gasteiger partial charge in [-0.05, 0) is 36.4 Å². The van der Waals surface area contributed by atoms with E-state index in [4.69, 9.17) is 5.11 Å². The number of benzene rings is 1. The van der Waals surface area contributed by atoms with Crippen molar-refractivity contribution in [1.82, 2.24) is 19.4 Å². The van der Waals surface area contributed by atoms with Crippen LogP contribution in [-0.4, -0.2) is 98.4 Å². The summed E-state index contributed by atoms with van der Waals surface area (Å²) in [6.45, 7) is 5.29. The summed E-state index contributed by atoms with van der Waals surface area (Å²) in [6, 6.07) is 7.33. The lowest BCUT2D eigenvalue weighted by molar-refractivity contribution is -0.137. The van der Waals surface area contributed by atoms with Crippen molar-refractivity contribution in [2.45, 2.75) is 11.1 Å². The van der Waals surface area contributed by atoms with Gasteiger partial charge < -0.3 is 14.9 Å². The van der Waals surface area contributed by atoms with Crippen molar-refractivity contribution in [2.24, 2.45) is 0 Å². The van der Waals surface area contributed by atoms with Gasteiger partial charge in [0.1, 0.15) is 0 Å². The summed E-state index contributed by atoms with van der Waals surface area (Å²) in [5.74, 6) is 1.42. The standard InChI is InChI=1S/C21H27F3N6O3S/c22-21(23,24)17-1-3-18(4-2-17)34(32,33)30-13-11-29(12-14-30)20-6-5-19(25-26-20)28-9-7-27(8-10-28)15-16-31/h1-6,31H,7-16H2. The molecule has 0 saturated carbocycles. The molecule has 1 aromatic carbocycles. The van der Waals surface area contributed by atoms with Gasteiger partial charge in [-0.2, -0.15) is 17.5 Å². The molecule has 2 aliphatic rings. The summed E-state index contributed by atoms with van der Waals surface area (Å²) >= 11 is 0. The van der Waals surface area contributed by atoms with E-state index in [1.165, 1.54) is 4.31 Å². The highest BCUT2D eigenvalue weighted by Gasteiger charge is 2.33. The molecule has 34 heavy (non-hydrogen) atoms. The number of aromatic nitrogens is 2. The molecule has 13 heteroatoms. The molecular weight excluding hydrogens is 473 g/mol. The Hall–Kier alpha value is -2.48. The number of β-amino-alcohol motifs (C(OH)–C–C–N with tert-alkyl or cyclic N) is 1. The Morgan fingerprint density at radius 2 is 1.29 bits per heavy atom. The lowest BCUT2D eigenvalue weighted by Gasteiger charge is -2.36. The van der Waals surface area contributed by atoms with Crippen molar-refractivity contribution in [2.75, 3.05) is 75.3 Å². The van der Waals surface area contributed by atoms with Crippen LogP contribution in [0.2, 0.25) is 0 Å². The SMILES string of the molecule is O=S(=O)(c1ccc(C(F)(F)F)cc1)N1CCN(c2ccc(N3CCN(CCO)CC3)nn2)CC1. The molecule has 1 N–H and O–H groups in total. The van der Waals surface area contributed by atoms with E-state index in [0.29, 0.717) is 25.5 Å². The molecular formula is C21H27F3N6O3S. The van der Waals surface area contributed by atoms with Crippen LogP contribution in [0.3, 0.4) is 0 Å². The summed E-state index contributed by atoms with van der Waals surface area (Å²) < 4.78 is 65.3. The molecule has 0 unspecified atom stereocenters. The van der Waals surface area contributed by atoms with Crippen LogP contribution in [0.1, 0.15) is 5.56 Å². The lowest BCUT2D eigenvalue weighted by Crippen LogP contribution is -2.49. The van der Waals surface area contributed by atoms with Gasteiger partial charge >= 0.3 is 6.18 Å². The second-order valence-electron chi connectivity index (χ2n) is 8.22. The van der Waals surface area contributed by atoms with Crippen LogP contribution in [0.5, 0.6) is 0 Å². The third-order valence-electron chi connectivity index (χ3n) is 6.13. The zero-order valence-corrected chi connectivity index (χ0v) is 19.3. The van der Waals surface area contributed by atoms with E-state index >= 15 is 0 Å². The molecule has 2 aliphatic heterocycles. The topological polar surface area (TPSA) is 93.1 Å². The molecule has 0 amide bonds. The fourth-order valence-corrected chi connectivity index (χ4v) is 5.54. The molecule has 9 nitrogen and oxygen atoms in total. The van der Waals surface area contributed by atoms with E-state index in [2.05, 4.69) is 20.0 Å². The average molecular weight is 501 g/mol. The first-order chi connectivity index (χ1) is 16.2. The number of piperazine rings is 2. The minimum absolute atomic E-state index is 0.146. The summed E-state index contributed by atoms with van der Waals surface area (Å²) in [4.78, 5) is 6.11. The van der Waals surface area contributed by atoms with Gasteiger partial charge in [0.15, 0.2) is 11.6 Å². The van der Waals surface area contributed by atoms with Gasteiger partial charge in [-0.3, -0.25) is 4.90 Å². The first kappa shape index (κ1) is 24.6. The van der Waals surface area contributed by atoms with E-state index in [-0.39, 0.29) is 24.6 Å². The number of sulfonamides is 1. The van der Waals surface area contributed by atoms with E-state index in [1.807, 2.05) is 17.0 Å². The third-order valence-corrected chi connectivity index (χ3v) is 8.04. The molecule has 3 heterocycles. The van der Waals surface area contributed by atoms with Crippen LogP contribution < -0.4 is 9.80 Å². The van der Waals surface area contributed by atoms with Gasteiger partial charge in [-0.1, -0.05) is 0 Å². The first-order valence-corrected chi connectivity index (χ1v) is 12.5. The molecule has 0 bridgehead atoms. The number of anilines is 2. The Kier molecular flexibility index (Phi) is 7.26. The van der Waals surface area contributed by atoms with Gasteiger partial charge in [0, 0.05) is 58.9 Å². The van der Waals surface area contributed by atoms with Crippen LogP contribution >= 0.6 is 0 Å². The van der Waals surface area contributed by atoms with Crippen molar-refractivity contribution >= 4 is 21.7 Å². The normalized spacial score (nSPS) is 18.9. The van der Waals surface area contributed by atoms with Crippen LogP contribution in [0.4, 0.5) is 24.8 Å². The molecule has 2 fully saturated rings. The minimum Gasteiger partial charge on any atom is -0.395 e. The van der Waals surface area contributed by atoms with Crippen molar-refractivity contribution in [1.29, 1.82) is 0 Å². The van der Waals surface area contributed by atoms with Crippen molar-refractivity contribution in [3.05, 3.63) is 42.0 Å². The monoisotopic (exact) mass is 500 g/mol. The number of nitrogens with zero attached hydrogens (tertiary/aromatic N) is 6. The van der Waals surface area contributed by atoms with Gasteiger partial charge in [0.05, 0.1) is 17.1 Å². The Bertz CT molecular complexity index is 1050. The predicted octanol–water partition coefficient (Wildman–Crippen LogP) is 1.12. The number of rotatable bonds is 6. The van der Waals surface area contributed by atoms with Crippen molar-refractivity contribution in [3.63, 3.8) is 0 Å². The van der Waals surface area contributed by atoms with Crippen LogP contribution in [0.15, 0.2) is 41.3 Å². The van der Waals surface area contributed by atoms with Gasteiger partial charge in [-0.15, -0.1) is 10.2 Å². The highest BCUT2D eigenvalue weighted by Crippen LogP contribution is 2.30. The van der Waals surface area contributed by atoms with E-state index < -0.39 is 21.8 Å². The molecule has 0 aliphatic carbocycles. The second-order valence-corrected chi connectivity index (χ2v) is 10.2. The second kappa shape index (κ2) is 10.0. The third kappa shape index (κ3) is 5.43. The molecule has 2 saturated heterocycles. The number of aliphatic hydroxyl groups is 1. The van der Waals surface area contributed by atoms with Gasteiger partial charge in [-0.25, -0.2) is 8.42 Å². The smallest absolute Gasteiger partial charge is 0.395 e. The van der Waals surface area contributed by atoms with Crippen LogP contribution in [0.25, 0.3) is 0 Å². The largest absolute Gasteiger partial charge is 0.416 e. The molecule has 4 rings (SSSR count). The molecule has 0 atom stereocenters. The van der Waals surface area contributed by atoms with Crippen LogP contribution in [0, 0.1) is 0 Å². The minimum atomic E-state index is -4.52. The van der Waals surface area contributed by atoms with Gasteiger partial charge in [0.2, 0.25) is 10.0 Å². The maximum absolute atomic E-state index is 12.9.